The Morgan fingerprint density at radius 1 is 0.464 bits per heavy atom. The number of piperidine rings is 1. The number of fused-ring (bicyclic) bond motifs is 3. The summed E-state index contributed by atoms with van der Waals surface area (Å²) in [4.78, 5) is 18.1. The number of carbonyl (C=O) groups excluding carboxylic acids is 1. The van der Waals surface area contributed by atoms with Gasteiger partial charge in [0.05, 0.1) is 41.5 Å². The summed E-state index contributed by atoms with van der Waals surface area (Å²) in [6, 6.07) is 31.3. The molecule has 0 spiro atoms. The Balaban J connectivity index is 0.000000160. The molecule has 0 bridgehead atoms. The number of anilines is 2. The molecule has 8 aromatic rings. The number of rotatable bonds is 7. The number of hydrogen-bond acceptors (Lipinski definition) is 9. The fourth-order valence-electron chi connectivity index (χ4n) is 8.14. The van der Waals surface area contributed by atoms with Gasteiger partial charge in [0.2, 0.25) is 5.91 Å². The van der Waals surface area contributed by atoms with Gasteiger partial charge >= 0.3 is 0 Å². The van der Waals surface area contributed by atoms with Gasteiger partial charge < -0.3 is 14.7 Å². The maximum Gasteiger partial charge on any atom is 0.246 e. The quantitative estimate of drug-likeness (QED) is 0.144. The van der Waals surface area contributed by atoms with Crippen molar-refractivity contribution in [3.63, 3.8) is 0 Å². The van der Waals surface area contributed by atoms with Gasteiger partial charge in [0.25, 0.3) is 0 Å². The molecule has 2 aliphatic heterocycles. The first-order valence-corrected chi connectivity index (χ1v) is 24.6. The van der Waals surface area contributed by atoms with Crippen LogP contribution in [0.5, 0.6) is 0 Å². The smallest absolute Gasteiger partial charge is 0.246 e. The van der Waals surface area contributed by atoms with Crippen molar-refractivity contribution in [3.05, 3.63) is 173 Å². The summed E-state index contributed by atoms with van der Waals surface area (Å²) in [5.41, 5.74) is 4.14. The van der Waals surface area contributed by atoms with Crippen molar-refractivity contribution in [1.29, 1.82) is 0 Å². The number of aromatic nitrogens is 6. The molecule has 5 heterocycles. The fraction of sp³-hybridized carbons (Fsp3) is 0.235. The molecule has 0 N–H and O–H groups in total. The Morgan fingerprint density at radius 2 is 0.826 bits per heavy atom. The van der Waals surface area contributed by atoms with Crippen molar-refractivity contribution in [2.75, 3.05) is 49.1 Å². The predicted octanol–water partition coefficient (Wildman–Crippen LogP) is 14.8. The molecule has 18 heteroatoms. The van der Waals surface area contributed by atoms with Crippen LogP contribution >= 0.6 is 92.8 Å². The van der Waals surface area contributed by atoms with Crippen molar-refractivity contribution >= 4 is 143 Å². The lowest BCUT2D eigenvalue weighted by atomic mass is 10.0. The summed E-state index contributed by atoms with van der Waals surface area (Å²) >= 11 is 48.6. The van der Waals surface area contributed by atoms with E-state index in [4.69, 9.17) is 92.8 Å². The molecule has 1 amide bonds. The van der Waals surface area contributed by atoms with Gasteiger partial charge in [-0.1, -0.05) is 167 Å². The molecule has 0 saturated carbocycles. The molecule has 10 rings (SSSR count). The van der Waals surface area contributed by atoms with E-state index in [9.17, 15) is 4.79 Å². The second-order valence-electron chi connectivity index (χ2n) is 16.0. The SMILES string of the molecule is C.C=CC(=O)N1CCN(c2nnc(Cc3ccccc3)c3cc(Cl)c(Cl)cc23)CC1.Clc1cc2c(Cc3ccccc3)nnc(N3CCCCC3)c2cc1Cl.Clc1cc2c(Cl)nnc(Cl)c2cc1Cl. The zero-order valence-corrected chi connectivity index (χ0v) is 42.3. The predicted molar refractivity (Wildman–Crippen MR) is 289 cm³/mol. The first-order chi connectivity index (χ1) is 32.9. The first kappa shape index (κ1) is 52.1. The largest absolute Gasteiger partial charge is 0.355 e. The first-order valence-electron chi connectivity index (χ1n) is 21.6. The van der Waals surface area contributed by atoms with Gasteiger partial charge in [-0.05, 0) is 72.9 Å². The summed E-state index contributed by atoms with van der Waals surface area (Å²) < 4.78 is 0. The lowest BCUT2D eigenvalue weighted by Gasteiger charge is -2.35. The second-order valence-corrected chi connectivity index (χ2v) is 19.2. The highest BCUT2D eigenvalue weighted by Gasteiger charge is 2.24. The number of benzene rings is 5. The summed E-state index contributed by atoms with van der Waals surface area (Å²) in [5, 5.41) is 34.1. The minimum Gasteiger partial charge on any atom is -0.355 e. The highest BCUT2D eigenvalue weighted by atomic mass is 35.5. The molecule has 2 fully saturated rings. The fourth-order valence-corrected chi connectivity index (χ4v) is 9.51. The van der Waals surface area contributed by atoms with Crippen molar-refractivity contribution in [2.24, 2.45) is 0 Å². The minimum atomic E-state index is -0.0476. The number of amides is 1. The van der Waals surface area contributed by atoms with Gasteiger partial charge in [-0.2, -0.15) is 10.2 Å². The van der Waals surface area contributed by atoms with Crippen molar-refractivity contribution in [1.82, 2.24) is 35.5 Å². The number of halogens is 8. The van der Waals surface area contributed by atoms with Gasteiger partial charge in [0.1, 0.15) is 0 Å². The van der Waals surface area contributed by atoms with Gasteiger partial charge in [0, 0.05) is 84.4 Å². The third-order valence-electron chi connectivity index (χ3n) is 11.6. The van der Waals surface area contributed by atoms with Crippen LogP contribution < -0.4 is 9.80 Å². The Hall–Kier alpha value is -4.75. The Morgan fingerprint density at radius 3 is 1.22 bits per heavy atom. The molecule has 0 unspecified atom stereocenters. The third kappa shape index (κ3) is 12.4. The molecular formula is C51H45Cl8N9O. The number of carbonyl (C=O) groups is 1. The van der Waals surface area contributed by atoms with E-state index in [0.29, 0.717) is 73.5 Å². The molecular weight excluding hydrogens is 1040 g/mol. The second kappa shape index (κ2) is 23.9. The third-order valence-corrected chi connectivity index (χ3v) is 14.4. The van der Waals surface area contributed by atoms with Gasteiger partial charge in [-0.25, -0.2) is 0 Å². The van der Waals surface area contributed by atoms with E-state index in [1.165, 1.54) is 30.9 Å². The lowest BCUT2D eigenvalue weighted by Crippen LogP contribution is -2.48. The van der Waals surface area contributed by atoms with Crippen LogP contribution in [-0.2, 0) is 17.6 Å². The van der Waals surface area contributed by atoms with E-state index < -0.39 is 0 Å². The normalized spacial score (nSPS) is 13.6. The number of piperazine rings is 1. The lowest BCUT2D eigenvalue weighted by molar-refractivity contribution is -0.126. The molecule has 2 saturated heterocycles. The maximum atomic E-state index is 11.9. The van der Waals surface area contributed by atoms with Crippen LogP contribution in [0.25, 0.3) is 32.3 Å². The topological polar surface area (TPSA) is 104 Å². The van der Waals surface area contributed by atoms with Gasteiger partial charge in [0.15, 0.2) is 21.9 Å². The standard InChI is InChI=1S/C22H20Cl2N4O.C20H19Cl2N3.C8H2Cl4N2.CH4/c1-2-21(29)27-8-10-28(11-9-27)22-17-14-19(24)18(23)13-16(17)20(25-26-22)12-15-6-4-3-5-7-15;21-17-12-15-16(13-18(17)22)20(25-9-5-2-6-10-25)24-23-19(15)11-14-7-3-1-4-8-14;9-5-1-3-4(2-6(5)10)8(12)14-13-7(3)11;/h2-7,13-14H,1,8-12H2;1,3-4,7-8,12-13H,2,5-6,9-11H2;1-2H;1H4. The molecule has 0 aliphatic carbocycles. The monoisotopic (exact) mass is 1080 g/mol. The van der Waals surface area contributed by atoms with E-state index >= 15 is 0 Å². The van der Waals surface area contributed by atoms with Crippen LogP contribution in [0.1, 0.15) is 49.2 Å². The highest BCUT2D eigenvalue weighted by Crippen LogP contribution is 2.37. The molecule has 10 nitrogen and oxygen atoms in total. The maximum absolute atomic E-state index is 11.9. The van der Waals surface area contributed by atoms with Crippen LogP contribution in [0.15, 0.2) is 110 Å². The highest BCUT2D eigenvalue weighted by molar-refractivity contribution is 6.45. The molecule has 3 aromatic heterocycles. The van der Waals surface area contributed by atoms with Crippen LogP contribution in [0.2, 0.25) is 40.4 Å². The molecule has 69 heavy (non-hydrogen) atoms. The molecule has 2 aliphatic rings. The number of hydrogen-bond donors (Lipinski definition) is 0. The van der Waals surface area contributed by atoms with E-state index in [1.807, 2.05) is 60.7 Å². The van der Waals surface area contributed by atoms with Crippen molar-refractivity contribution in [2.45, 2.75) is 39.5 Å². The van der Waals surface area contributed by atoms with Crippen LogP contribution in [0.4, 0.5) is 11.6 Å². The van der Waals surface area contributed by atoms with E-state index in [-0.39, 0.29) is 23.6 Å². The van der Waals surface area contributed by atoms with Crippen LogP contribution in [0.3, 0.4) is 0 Å². The Bertz CT molecular complexity index is 3070. The van der Waals surface area contributed by atoms with Gasteiger partial charge in [-0.15, -0.1) is 20.4 Å². The van der Waals surface area contributed by atoms with Crippen LogP contribution in [-0.4, -0.2) is 80.7 Å². The van der Waals surface area contributed by atoms with Crippen LogP contribution in [0, 0.1) is 0 Å². The van der Waals surface area contributed by atoms with E-state index in [0.717, 1.165) is 69.6 Å². The van der Waals surface area contributed by atoms with Crippen molar-refractivity contribution < 1.29 is 4.79 Å². The molecule has 5 aromatic carbocycles. The van der Waals surface area contributed by atoms with E-state index in [2.05, 4.69) is 71.2 Å². The summed E-state index contributed by atoms with van der Waals surface area (Å²) in [6.07, 6.45) is 6.39. The molecule has 0 atom stereocenters. The summed E-state index contributed by atoms with van der Waals surface area (Å²) in [5.74, 6) is 1.64. The number of nitrogens with zero attached hydrogens (tertiary/aromatic N) is 9. The minimum absolute atomic E-state index is 0. The average molecular weight is 1080 g/mol. The summed E-state index contributed by atoms with van der Waals surface area (Å²) in [7, 11) is 0. The zero-order valence-electron chi connectivity index (χ0n) is 36.3. The Kier molecular flexibility index (Phi) is 18.0. The van der Waals surface area contributed by atoms with E-state index in [1.54, 1.807) is 17.0 Å². The van der Waals surface area contributed by atoms with Crippen molar-refractivity contribution in [3.8, 4) is 0 Å². The summed E-state index contributed by atoms with van der Waals surface area (Å²) in [6.45, 7) is 8.15. The molecule has 356 valence electrons. The zero-order chi connectivity index (χ0) is 47.9. The van der Waals surface area contributed by atoms with Gasteiger partial charge in [-0.3, -0.25) is 4.79 Å². The average Bonchev–Trinajstić information content (AvgIpc) is 3.36. The Labute approximate surface area is 441 Å². The molecule has 0 radical (unpaired) electrons.